The average Bonchev–Trinajstić information content (AvgIpc) is 0.909. The lowest BCUT2D eigenvalue weighted by atomic mass is 9.99. The Balaban J connectivity index is 5.21. The van der Waals surface area contributed by atoms with E-state index in [0.717, 1.165) is 102 Å². The molecule has 0 radical (unpaired) electrons. The lowest BCUT2D eigenvalue weighted by Crippen LogP contribution is -2.30. The van der Waals surface area contributed by atoms with E-state index in [2.05, 4.69) is 41.5 Å². The van der Waals surface area contributed by atoms with Crippen molar-refractivity contribution in [3.63, 3.8) is 0 Å². The lowest BCUT2D eigenvalue weighted by Gasteiger charge is -2.21. The third-order valence-electron chi connectivity index (χ3n) is 20.3. The maximum absolute atomic E-state index is 13.1. The Morgan fingerprint density at radius 3 is 0.731 bits per heavy atom. The number of esters is 4. The summed E-state index contributed by atoms with van der Waals surface area (Å²) >= 11 is 0. The summed E-state index contributed by atoms with van der Waals surface area (Å²) in [5.74, 6) is -0.444. The first-order valence-electron chi connectivity index (χ1n) is 44.0. The van der Waals surface area contributed by atoms with E-state index in [1.807, 2.05) is 0 Å². The van der Waals surface area contributed by atoms with Crippen LogP contribution in [0.25, 0.3) is 0 Å². The zero-order chi connectivity index (χ0) is 76.4. The summed E-state index contributed by atoms with van der Waals surface area (Å²) in [6.45, 7) is 9.74. The molecule has 0 aromatic carbocycles. The van der Waals surface area contributed by atoms with Crippen molar-refractivity contribution in [3.8, 4) is 0 Å². The van der Waals surface area contributed by atoms with Gasteiger partial charge in [-0.2, -0.15) is 0 Å². The van der Waals surface area contributed by atoms with E-state index < -0.39 is 97.5 Å². The Labute approximate surface area is 638 Å². The monoisotopic (exact) mass is 1520 g/mol. The second-order valence-corrected chi connectivity index (χ2v) is 34.2. The molecule has 3 N–H and O–H groups in total. The lowest BCUT2D eigenvalue weighted by molar-refractivity contribution is -0.161. The number of hydrogen-bond acceptors (Lipinski definition) is 15. The molecule has 6 atom stereocenters. The Kier molecular flexibility index (Phi) is 75.0. The van der Waals surface area contributed by atoms with Crippen molar-refractivity contribution in [2.45, 2.75) is 471 Å². The molecule has 0 aliphatic rings. The van der Waals surface area contributed by atoms with Crippen molar-refractivity contribution in [1.29, 1.82) is 0 Å². The van der Waals surface area contributed by atoms with Crippen LogP contribution < -0.4 is 0 Å². The summed E-state index contributed by atoms with van der Waals surface area (Å²) in [6.07, 6.45) is 67.9. The van der Waals surface area contributed by atoms with Crippen molar-refractivity contribution in [2.24, 2.45) is 11.8 Å². The maximum Gasteiger partial charge on any atom is 0.472 e. The molecule has 0 saturated heterocycles. The molecule has 17 nitrogen and oxygen atoms in total. The van der Waals surface area contributed by atoms with E-state index in [1.165, 1.54) is 270 Å². The fourth-order valence-corrected chi connectivity index (χ4v) is 14.8. The number of carbonyl (C=O) groups is 4. The number of unbranched alkanes of at least 4 members (excludes halogenated alkanes) is 53. The first-order valence-corrected chi connectivity index (χ1v) is 47.0. The SMILES string of the molecule is CCCCCCCCCCCCCCCCCCCCC(=O)O[C@H](COC(=O)CCCCCCCCCCC)COP(=O)(O)OC[C@H](O)COP(=O)(O)OC[C@@H](COC(=O)CCCCCCCCCCCCCCCCC(C)CC)OC(=O)CCCCCCCCCCCCCCCCCCC(C)C. The molecule has 618 valence electrons. The van der Waals surface area contributed by atoms with Crippen molar-refractivity contribution < 1.29 is 80.2 Å². The molecular formula is C85H166O17P2. The summed E-state index contributed by atoms with van der Waals surface area (Å²) in [7, 11) is -9.92. The van der Waals surface area contributed by atoms with Crippen LogP contribution in [-0.4, -0.2) is 96.7 Å². The second kappa shape index (κ2) is 76.4. The number of rotatable bonds is 84. The molecule has 0 bridgehead atoms. The van der Waals surface area contributed by atoms with Gasteiger partial charge in [0, 0.05) is 25.7 Å². The number of hydrogen-bond donors (Lipinski definition) is 3. The van der Waals surface area contributed by atoms with E-state index in [-0.39, 0.29) is 25.7 Å². The molecule has 0 aromatic heterocycles. The molecule has 0 fully saturated rings. The number of aliphatic hydroxyl groups excluding tert-OH is 1. The van der Waals surface area contributed by atoms with E-state index in [4.69, 9.17) is 37.0 Å². The van der Waals surface area contributed by atoms with Crippen LogP contribution >= 0.6 is 15.6 Å². The second-order valence-electron chi connectivity index (χ2n) is 31.3. The third kappa shape index (κ3) is 76.8. The average molecular weight is 1520 g/mol. The minimum absolute atomic E-state index is 0.109. The van der Waals surface area contributed by atoms with E-state index in [0.29, 0.717) is 25.7 Å². The quantitative estimate of drug-likeness (QED) is 0.0222. The molecule has 0 amide bonds. The molecule has 0 rings (SSSR count). The predicted octanol–water partition coefficient (Wildman–Crippen LogP) is 25.8. The number of aliphatic hydroxyl groups is 1. The summed E-state index contributed by atoms with van der Waals surface area (Å²) in [4.78, 5) is 73.1. The van der Waals surface area contributed by atoms with Gasteiger partial charge in [0.1, 0.15) is 19.3 Å². The van der Waals surface area contributed by atoms with Gasteiger partial charge in [0.15, 0.2) is 12.2 Å². The molecular weight excluding hydrogens is 1350 g/mol. The van der Waals surface area contributed by atoms with Gasteiger partial charge in [0.05, 0.1) is 26.4 Å². The van der Waals surface area contributed by atoms with Crippen LogP contribution in [0.3, 0.4) is 0 Å². The predicted molar refractivity (Wildman–Crippen MR) is 428 cm³/mol. The highest BCUT2D eigenvalue weighted by Crippen LogP contribution is 2.45. The van der Waals surface area contributed by atoms with Gasteiger partial charge in [0.25, 0.3) is 0 Å². The van der Waals surface area contributed by atoms with Crippen molar-refractivity contribution >= 4 is 39.5 Å². The van der Waals surface area contributed by atoms with Crippen LogP contribution in [0.2, 0.25) is 0 Å². The fourth-order valence-electron chi connectivity index (χ4n) is 13.2. The highest BCUT2D eigenvalue weighted by Gasteiger charge is 2.30. The van der Waals surface area contributed by atoms with Gasteiger partial charge < -0.3 is 33.8 Å². The van der Waals surface area contributed by atoms with Crippen LogP contribution in [0.15, 0.2) is 0 Å². The Morgan fingerprint density at radius 1 is 0.279 bits per heavy atom. The summed E-state index contributed by atoms with van der Waals surface area (Å²) in [6, 6.07) is 0. The first-order chi connectivity index (χ1) is 50.4. The minimum atomic E-state index is -4.96. The minimum Gasteiger partial charge on any atom is -0.462 e. The van der Waals surface area contributed by atoms with Gasteiger partial charge in [-0.15, -0.1) is 0 Å². The van der Waals surface area contributed by atoms with Crippen molar-refractivity contribution in [2.75, 3.05) is 39.6 Å². The fraction of sp³-hybridized carbons (Fsp3) is 0.953. The molecule has 19 heteroatoms. The van der Waals surface area contributed by atoms with Gasteiger partial charge in [0.2, 0.25) is 0 Å². The van der Waals surface area contributed by atoms with Crippen LogP contribution in [0, 0.1) is 11.8 Å². The van der Waals surface area contributed by atoms with E-state index in [9.17, 15) is 43.2 Å². The number of phosphoric ester groups is 2. The van der Waals surface area contributed by atoms with Gasteiger partial charge in [-0.3, -0.25) is 37.3 Å². The highest BCUT2D eigenvalue weighted by atomic mass is 31.2. The summed E-state index contributed by atoms with van der Waals surface area (Å²) in [5, 5.41) is 10.7. The molecule has 0 saturated carbocycles. The number of phosphoric acid groups is 2. The highest BCUT2D eigenvalue weighted by molar-refractivity contribution is 7.47. The molecule has 0 aliphatic carbocycles. The van der Waals surface area contributed by atoms with Crippen molar-refractivity contribution in [1.82, 2.24) is 0 Å². The third-order valence-corrected chi connectivity index (χ3v) is 22.2. The first kappa shape index (κ1) is 102. The van der Waals surface area contributed by atoms with Gasteiger partial charge in [-0.05, 0) is 37.5 Å². The number of carbonyl (C=O) groups excluding carboxylic acids is 4. The molecule has 0 heterocycles. The summed E-state index contributed by atoms with van der Waals surface area (Å²) < 4.78 is 68.8. The molecule has 104 heavy (non-hydrogen) atoms. The Morgan fingerprint density at radius 2 is 0.490 bits per heavy atom. The Hall–Kier alpha value is -1.94. The molecule has 0 aromatic rings. The van der Waals surface area contributed by atoms with Crippen LogP contribution in [0.1, 0.15) is 452 Å². The zero-order valence-electron chi connectivity index (χ0n) is 68.3. The van der Waals surface area contributed by atoms with Crippen LogP contribution in [0.5, 0.6) is 0 Å². The van der Waals surface area contributed by atoms with E-state index in [1.54, 1.807) is 0 Å². The summed E-state index contributed by atoms with van der Waals surface area (Å²) in [5.41, 5.74) is 0. The van der Waals surface area contributed by atoms with Crippen molar-refractivity contribution in [3.05, 3.63) is 0 Å². The van der Waals surface area contributed by atoms with Crippen LogP contribution in [0.4, 0.5) is 0 Å². The molecule has 3 unspecified atom stereocenters. The normalized spacial score (nSPS) is 14.1. The van der Waals surface area contributed by atoms with Gasteiger partial charge in [-0.1, -0.05) is 401 Å². The zero-order valence-corrected chi connectivity index (χ0v) is 70.1. The largest absolute Gasteiger partial charge is 0.472 e. The topological polar surface area (TPSA) is 237 Å². The number of ether oxygens (including phenoxy) is 4. The smallest absolute Gasteiger partial charge is 0.462 e. The Bertz CT molecular complexity index is 2000. The standard InChI is InChI=1S/C85H166O17P2/c1-7-10-12-14-16-18-19-20-21-22-23-27-34-39-45-51-57-63-69-84(89)101-80(73-95-82(87)67-61-55-49-41-17-15-13-11-8-2)75-99-103(91,92)97-71-79(86)72-98-104(93,94)100-76-81(74-96-83(88)68-62-56-50-44-38-33-30-29-32-37-43-48-54-60-66-78(6)9-3)102-85(90)70-64-58-52-46-40-35-28-25-24-26-31-36-42-47-53-59-65-77(4)5/h77-81,86H,7-76H2,1-6H3,(H,91,92)(H,93,94)/t78?,79-,80+,81+/m0/s1. The van der Waals surface area contributed by atoms with Gasteiger partial charge >= 0.3 is 39.5 Å². The van der Waals surface area contributed by atoms with E-state index >= 15 is 0 Å². The molecule has 0 spiro atoms. The molecule has 0 aliphatic heterocycles. The van der Waals surface area contributed by atoms with Crippen LogP contribution in [-0.2, 0) is 65.4 Å². The maximum atomic E-state index is 13.1. The van der Waals surface area contributed by atoms with Gasteiger partial charge in [-0.25, -0.2) is 9.13 Å².